The quantitative estimate of drug-likeness (QED) is 0.795. The smallest absolute Gasteiger partial charge is 0.225 e. The Morgan fingerprint density at radius 2 is 1.61 bits per heavy atom. The fraction of sp³-hybridized carbons (Fsp3) is 0.929. The van der Waals surface area contributed by atoms with Crippen LogP contribution < -0.4 is 5.73 Å². The molecule has 2 saturated carbocycles. The number of halogens is 1. The number of nitrogens with zero attached hydrogens (tertiary/aromatic N) is 1. The van der Waals surface area contributed by atoms with E-state index in [9.17, 15) is 4.79 Å². The number of hydrogen-bond donors (Lipinski definition) is 1. The molecule has 4 unspecified atom stereocenters. The minimum absolute atomic E-state index is 0. The summed E-state index contributed by atoms with van der Waals surface area (Å²) in [5.41, 5.74) is 5.91. The van der Waals surface area contributed by atoms with Gasteiger partial charge in [0, 0.05) is 25.0 Å². The highest BCUT2D eigenvalue weighted by molar-refractivity contribution is 5.85. The molecule has 3 fully saturated rings. The summed E-state index contributed by atoms with van der Waals surface area (Å²) >= 11 is 0. The summed E-state index contributed by atoms with van der Waals surface area (Å²) in [5.74, 6) is 2.27. The van der Waals surface area contributed by atoms with Crippen LogP contribution >= 0.6 is 12.4 Å². The first kappa shape index (κ1) is 14.1. The third kappa shape index (κ3) is 2.67. The highest BCUT2D eigenvalue weighted by Crippen LogP contribution is 2.37. The largest absolute Gasteiger partial charge is 0.342 e. The van der Waals surface area contributed by atoms with Gasteiger partial charge in [-0.25, -0.2) is 0 Å². The van der Waals surface area contributed by atoms with Crippen molar-refractivity contribution in [2.45, 2.75) is 51.0 Å². The molecule has 3 aliphatic rings. The lowest BCUT2D eigenvalue weighted by atomic mass is 9.82. The molecule has 2 aliphatic carbocycles. The van der Waals surface area contributed by atoms with E-state index in [2.05, 4.69) is 4.90 Å². The van der Waals surface area contributed by atoms with E-state index in [1.54, 1.807) is 0 Å². The maximum atomic E-state index is 12.4. The van der Waals surface area contributed by atoms with Crippen LogP contribution in [-0.4, -0.2) is 29.9 Å². The predicted molar refractivity (Wildman–Crippen MR) is 74.6 cm³/mol. The van der Waals surface area contributed by atoms with Gasteiger partial charge in [-0.15, -0.1) is 12.4 Å². The van der Waals surface area contributed by atoms with Crippen molar-refractivity contribution in [3.05, 3.63) is 0 Å². The summed E-state index contributed by atoms with van der Waals surface area (Å²) in [7, 11) is 0. The van der Waals surface area contributed by atoms with E-state index >= 15 is 0 Å². The van der Waals surface area contributed by atoms with Gasteiger partial charge in [0.05, 0.1) is 0 Å². The number of likely N-dealkylation sites (tertiary alicyclic amines) is 1. The lowest BCUT2D eigenvalue weighted by molar-refractivity contribution is -0.134. The topological polar surface area (TPSA) is 46.3 Å². The average Bonchev–Trinajstić information content (AvgIpc) is 2.93. The number of amides is 1. The van der Waals surface area contributed by atoms with Crippen LogP contribution in [0, 0.1) is 17.8 Å². The fourth-order valence-corrected chi connectivity index (χ4v) is 4.08. The van der Waals surface area contributed by atoms with E-state index in [1.165, 1.54) is 25.7 Å². The minimum atomic E-state index is 0. The van der Waals surface area contributed by atoms with Gasteiger partial charge in [-0.1, -0.05) is 12.8 Å². The molecule has 1 heterocycles. The molecule has 104 valence electrons. The van der Waals surface area contributed by atoms with Crippen LogP contribution in [0.15, 0.2) is 0 Å². The van der Waals surface area contributed by atoms with Gasteiger partial charge in [0.25, 0.3) is 0 Å². The zero-order valence-corrected chi connectivity index (χ0v) is 11.8. The Balaban J connectivity index is 0.00000120. The molecule has 0 spiro atoms. The van der Waals surface area contributed by atoms with Crippen molar-refractivity contribution in [2.75, 3.05) is 13.1 Å². The van der Waals surface area contributed by atoms with Crippen molar-refractivity contribution in [1.29, 1.82) is 0 Å². The standard InChI is InChI=1S/C14H24N2O.ClH/c15-13-6-5-10(7-13)14(17)16-8-11-3-1-2-4-12(11)9-16;/h10-13H,1-9,15H2;1H. The molecule has 0 aromatic heterocycles. The number of nitrogens with two attached hydrogens (primary N) is 1. The summed E-state index contributed by atoms with van der Waals surface area (Å²) in [6.45, 7) is 2.07. The van der Waals surface area contributed by atoms with Crippen molar-refractivity contribution < 1.29 is 4.79 Å². The number of carbonyl (C=O) groups is 1. The van der Waals surface area contributed by atoms with E-state index < -0.39 is 0 Å². The molecule has 1 aliphatic heterocycles. The number of carbonyl (C=O) groups excluding carboxylic acids is 1. The Morgan fingerprint density at radius 1 is 1.00 bits per heavy atom. The molecule has 0 radical (unpaired) electrons. The molecule has 18 heavy (non-hydrogen) atoms. The third-order valence-electron chi connectivity index (χ3n) is 5.11. The Kier molecular flexibility index (Phi) is 4.54. The van der Waals surface area contributed by atoms with Gasteiger partial charge in [-0.05, 0) is 43.9 Å². The molecule has 1 saturated heterocycles. The molecule has 1 amide bonds. The molecule has 0 aromatic carbocycles. The van der Waals surface area contributed by atoms with Crippen molar-refractivity contribution in [2.24, 2.45) is 23.5 Å². The Bertz CT molecular complexity index is 296. The Hall–Kier alpha value is -0.280. The third-order valence-corrected chi connectivity index (χ3v) is 5.11. The van der Waals surface area contributed by atoms with Gasteiger partial charge < -0.3 is 10.6 Å². The summed E-state index contributed by atoms with van der Waals surface area (Å²) in [6.07, 6.45) is 8.42. The second kappa shape index (κ2) is 5.79. The molecule has 3 nitrogen and oxygen atoms in total. The van der Waals surface area contributed by atoms with E-state index in [1.807, 2.05) is 0 Å². The lowest BCUT2D eigenvalue weighted by Crippen LogP contribution is -2.34. The van der Waals surface area contributed by atoms with E-state index in [-0.39, 0.29) is 24.4 Å². The van der Waals surface area contributed by atoms with Crippen LogP contribution in [-0.2, 0) is 4.79 Å². The Labute approximate surface area is 116 Å². The summed E-state index contributed by atoms with van der Waals surface area (Å²) in [6, 6.07) is 0.272. The van der Waals surface area contributed by atoms with Crippen molar-refractivity contribution in [3.63, 3.8) is 0 Å². The average molecular weight is 273 g/mol. The SMILES string of the molecule is Cl.NC1CCC(C(=O)N2CC3CCCCC3C2)C1. The van der Waals surface area contributed by atoms with Crippen LogP contribution in [0.5, 0.6) is 0 Å². The van der Waals surface area contributed by atoms with Gasteiger partial charge in [-0.3, -0.25) is 4.79 Å². The zero-order chi connectivity index (χ0) is 11.8. The monoisotopic (exact) mass is 272 g/mol. The lowest BCUT2D eigenvalue weighted by Gasteiger charge is -2.22. The zero-order valence-electron chi connectivity index (χ0n) is 11.0. The highest BCUT2D eigenvalue weighted by atomic mass is 35.5. The molecule has 0 bridgehead atoms. The second-order valence-electron chi connectivity index (χ2n) is 6.32. The van der Waals surface area contributed by atoms with Gasteiger partial charge >= 0.3 is 0 Å². The van der Waals surface area contributed by atoms with Crippen molar-refractivity contribution >= 4 is 18.3 Å². The molecule has 0 aromatic rings. The van der Waals surface area contributed by atoms with E-state index in [0.29, 0.717) is 5.91 Å². The van der Waals surface area contributed by atoms with Gasteiger partial charge in [-0.2, -0.15) is 0 Å². The summed E-state index contributed by atoms with van der Waals surface area (Å²) in [5, 5.41) is 0. The van der Waals surface area contributed by atoms with Gasteiger partial charge in [0.15, 0.2) is 0 Å². The molecular weight excluding hydrogens is 248 g/mol. The van der Waals surface area contributed by atoms with Crippen LogP contribution in [0.1, 0.15) is 44.9 Å². The maximum Gasteiger partial charge on any atom is 0.225 e. The van der Waals surface area contributed by atoms with Crippen LogP contribution in [0.25, 0.3) is 0 Å². The normalized spacial score (nSPS) is 39.3. The van der Waals surface area contributed by atoms with Crippen LogP contribution in [0.2, 0.25) is 0 Å². The number of rotatable bonds is 1. The van der Waals surface area contributed by atoms with Crippen LogP contribution in [0.4, 0.5) is 0 Å². The molecule has 3 rings (SSSR count). The first-order valence-electron chi connectivity index (χ1n) is 7.28. The van der Waals surface area contributed by atoms with Gasteiger partial charge in [0.2, 0.25) is 5.91 Å². The highest BCUT2D eigenvalue weighted by Gasteiger charge is 2.39. The van der Waals surface area contributed by atoms with Crippen LogP contribution in [0.3, 0.4) is 0 Å². The van der Waals surface area contributed by atoms with Crippen molar-refractivity contribution in [1.82, 2.24) is 4.90 Å². The second-order valence-corrected chi connectivity index (χ2v) is 6.32. The summed E-state index contributed by atoms with van der Waals surface area (Å²) < 4.78 is 0. The van der Waals surface area contributed by atoms with E-state index in [0.717, 1.165) is 44.2 Å². The van der Waals surface area contributed by atoms with Crippen molar-refractivity contribution in [3.8, 4) is 0 Å². The first-order chi connectivity index (χ1) is 8.24. The predicted octanol–water partition coefficient (Wildman–Crippen LogP) is 2.18. The maximum absolute atomic E-state index is 12.4. The Morgan fingerprint density at radius 3 is 2.11 bits per heavy atom. The van der Waals surface area contributed by atoms with E-state index in [4.69, 9.17) is 5.73 Å². The molecule has 4 atom stereocenters. The molecule has 2 N–H and O–H groups in total. The fourth-order valence-electron chi connectivity index (χ4n) is 4.08. The van der Waals surface area contributed by atoms with Gasteiger partial charge in [0.1, 0.15) is 0 Å². The number of fused-ring (bicyclic) bond motifs is 1. The minimum Gasteiger partial charge on any atom is -0.342 e. The first-order valence-corrected chi connectivity index (χ1v) is 7.28. The molecular formula is C14H25ClN2O. The molecule has 4 heteroatoms. The summed E-state index contributed by atoms with van der Waals surface area (Å²) in [4.78, 5) is 14.6. The number of hydrogen-bond acceptors (Lipinski definition) is 2.